The third-order valence-electron chi connectivity index (χ3n) is 6.31. The predicted octanol–water partition coefficient (Wildman–Crippen LogP) is -0.00810. The Kier molecular flexibility index (Phi) is 2.31. The fourth-order valence-corrected chi connectivity index (χ4v) is 5.35. The van der Waals surface area contributed by atoms with Crippen LogP contribution < -0.4 is 10.2 Å². The Hall–Kier alpha value is -1.46. The van der Waals surface area contributed by atoms with E-state index in [-0.39, 0.29) is 17.3 Å². The first kappa shape index (κ1) is 13.0. The van der Waals surface area contributed by atoms with Crippen molar-refractivity contribution < 1.29 is 14.9 Å². The average molecular weight is 295 g/mol. The van der Waals surface area contributed by atoms with E-state index < -0.39 is 6.10 Å². The Morgan fingerprint density at radius 1 is 1.41 bits per heavy atom. The summed E-state index contributed by atoms with van der Waals surface area (Å²) in [5.41, 5.74) is 2.56. The Balaban J connectivity index is 1.87. The van der Waals surface area contributed by atoms with Crippen LogP contribution in [0.3, 0.4) is 0 Å². The molecule has 4 nitrogen and oxygen atoms in total. The first-order valence-corrected chi connectivity index (χ1v) is 7.92. The number of hydrogen-bond donors (Lipinski definition) is 2. The van der Waals surface area contributed by atoms with Crippen molar-refractivity contribution in [1.29, 1.82) is 0 Å². The van der Waals surface area contributed by atoms with E-state index in [1.165, 1.54) is 0 Å². The van der Waals surface area contributed by atoms with Crippen LogP contribution in [0.2, 0.25) is 0 Å². The average Bonchev–Trinajstić information content (AvgIpc) is 2.83. The molecule has 5 heteroatoms. The molecule has 0 saturated carbocycles. The first-order chi connectivity index (χ1) is 10.5. The molecule has 22 heavy (non-hydrogen) atoms. The second kappa shape index (κ2) is 3.89. The second-order valence-corrected chi connectivity index (χ2v) is 7.15. The number of aliphatic hydroxyl groups is 1. The van der Waals surface area contributed by atoms with Crippen molar-refractivity contribution in [1.82, 2.24) is 4.90 Å². The molecular formula is C17H18BNO3. The summed E-state index contributed by atoms with van der Waals surface area (Å²) in [6.07, 6.45) is 4.84. The highest BCUT2D eigenvalue weighted by Gasteiger charge is 2.64. The lowest BCUT2D eigenvalue weighted by Gasteiger charge is -2.56. The van der Waals surface area contributed by atoms with Gasteiger partial charge in [0.05, 0.1) is 0 Å². The van der Waals surface area contributed by atoms with Crippen molar-refractivity contribution in [2.75, 3.05) is 13.6 Å². The van der Waals surface area contributed by atoms with E-state index in [0.717, 1.165) is 30.5 Å². The summed E-state index contributed by atoms with van der Waals surface area (Å²) in [6.45, 7) is 0.968. The third-order valence-corrected chi connectivity index (χ3v) is 6.31. The number of benzene rings is 1. The van der Waals surface area contributed by atoms with Crippen LogP contribution >= 0.6 is 0 Å². The zero-order valence-corrected chi connectivity index (χ0v) is 12.5. The van der Waals surface area contributed by atoms with Gasteiger partial charge in [0, 0.05) is 22.9 Å². The quantitative estimate of drug-likeness (QED) is 0.522. The molecule has 2 N–H and O–H groups in total. The number of phenolic OH excluding ortho intramolecular Hbond substituents is 1. The Morgan fingerprint density at radius 3 is 3.05 bits per heavy atom. The van der Waals surface area contributed by atoms with Crippen LogP contribution in [0.15, 0.2) is 18.2 Å². The lowest BCUT2D eigenvalue weighted by Crippen LogP contribution is -2.65. The lowest BCUT2D eigenvalue weighted by molar-refractivity contribution is -0.0452. The van der Waals surface area contributed by atoms with Crippen molar-refractivity contribution in [3.63, 3.8) is 0 Å². The molecule has 1 fully saturated rings. The van der Waals surface area contributed by atoms with E-state index in [1.54, 1.807) is 6.07 Å². The van der Waals surface area contributed by atoms with E-state index in [1.807, 2.05) is 6.08 Å². The molecule has 4 aliphatic rings. The summed E-state index contributed by atoms with van der Waals surface area (Å²) in [5.74, 6) is 0.947. The maximum Gasteiger partial charge on any atom is 0.165 e. The highest BCUT2D eigenvalue weighted by Crippen LogP contribution is 2.61. The van der Waals surface area contributed by atoms with E-state index >= 15 is 0 Å². The first-order valence-electron chi connectivity index (χ1n) is 7.92. The van der Waals surface area contributed by atoms with Crippen LogP contribution in [-0.2, 0) is 11.8 Å². The number of ether oxygens (including phenoxy) is 1. The lowest BCUT2D eigenvalue weighted by atomic mass is 9.52. The summed E-state index contributed by atoms with van der Waals surface area (Å²) in [4.78, 5) is 2.39. The van der Waals surface area contributed by atoms with Crippen LogP contribution in [0.1, 0.15) is 17.5 Å². The molecule has 1 saturated heterocycles. The Bertz CT molecular complexity index is 718. The van der Waals surface area contributed by atoms with Crippen LogP contribution in [-0.4, -0.2) is 54.8 Å². The van der Waals surface area contributed by atoms with Gasteiger partial charge in [0.25, 0.3) is 0 Å². The minimum atomic E-state index is -0.640. The monoisotopic (exact) mass is 295 g/mol. The molecule has 112 valence electrons. The summed E-state index contributed by atoms with van der Waals surface area (Å²) in [5, 5.41) is 20.8. The molecule has 0 unspecified atom stereocenters. The SMILES string of the molecule is [B]c1cc(O)c2c3c1C[C@@H]1[C@@H]4C=C[C@H](O)[C@H](O2)[C@]34CCN1C. The molecule has 1 spiro atoms. The van der Waals surface area contributed by atoms with Gasteiger partial charge in [-0.05, 0) is 38.1 Å². The van der Waals surface area contributed by atoms with Gasteiger partial charge in [-0.1, -0.05) is 17.6 Å². The second-order valence-electron chi connectivity index (χ2n) is 7.15. The maximum absolute atomic E-state index is 10.5. The van der Waals surface area contributed by atoms with Crippen LogP contribution in [0, 0.1) is 5.92 Å². The number of phenols is 1. The molecule has 2 heterocycles. The number of likely N-dealkylation sites (tertiary alicyclic amines) is 1. The van der Waals surface area contributed by atoms with Gasteiger partial charge < -0.3 is 19.8 Å². The van der Waals surface area contributed by atoms with Gasteiger partial charge in [-0.2, -0.15) is 0 Å². The van der Waals surface area contributed by atoms with Gasteiger partial charge in [0.2, 0.25) is 0 Å². The van der Waals surface area contributed by atoms with Gasteiger partial charge >= 0.3 is 0 Å². The Morgan fingerprint density at radius 2 is 2.23 bits per heavy atom. The fourth-order valence-electron chi connectivity index (χ4n) is 5.35. The van der Waals surface area contributed by atoms with Crippen molar-refractivity contribution in [3.8, 4) is 11.5 Å². The molecule has 2 radical (unpaired) electrons. The maximum atomic E-state index is 10.5. The predicted molar refractivity (Wildman–Crippen MR) is 83.0 cm³/mol. The molecule has 2 bridgehead atoms. The standard InChI is InChI=1S/C17H18BNO3/c1-19-5-4-17-9-2-3-12(20)16(17)22-15-13(21)7-10(18)8(14(15)17)6-11(9)19/h2-3,7,9,11-12,16,20-21H,4-6H2,1H3/t9-,11+,12-,16-,17-/m0/s1. The van der Waals surface area contributed by atoms with Crippen LogP contribution in [0.25, 0.3) is 0 Å². The van der Waals surface area contributed by atoms with Gasteiger partial charge in [-0.15, -0.1) is 0 Å². The Labute approximate surface area is 130 Å². The number of nitrogens with zero attached hydrogens (tertiary/aromatic N) is 1. The molecular weight excluding hydrogens is 277 g/mol. The summed E-state index contributed by atoms with van der Waals surface area (Å²) in [7, 11) is 8.37. The molecule has 0 aromatic heterocycles. The van der Waals surface area contributed by atoms with E-state index in [4.69, 9.17) is 12.6 Å². The summed E-state index contributed by atoms with van der Waals surface area (Å²) in [6, 6.07) is 1.96. The third kappa shape index (κ3) is 1.25. The molecule has 0 amide bonds. The highest BCUT2D eigenvalue weighted by atomic mass is 16.5. The van der Waals surface area contributed by atoms with Crippen LogP contribution in [0.5, 0.6) is 11.5 Å². The smallest absolute Gasteiger partial charge is 0.165 e. The van der Waals surface area contributed by atoms with E-state index in [9.17, 15) is 10.2 Å². The topological polar surface area (TPSA) is 52.9 Å². The van der Waals surface area contributed by atoms with Gasteiger partial charge in [-0.25, -0.2) is 0 Å². The van der Waals surface area contributed by atoms with E-state index in [2.05, 4.69) is 18.0 Å². The molecule has 1 aromatic rings. The van der Waals surface area contributed by atoms with Crippen molar-refractivity contribution in [2.24, 2.45) is 5.92 Å². The number of rotatable bonds is 0. The molecule has 5 atom stereocenters. The zero-order valence-electron chi connectivity index (χ0n) is 12.5. The molecule has 5 rings (SSSR count). The fraction of sp³-hybridized carbons (Fsp3) is 0.529. The summed E-state index contributed by atoms with van der Waals surface area (Å²) < 4.78 is 6.09. The highest BCUT2D eigenvalue weighted by molar-refractivity contribution is 6.33. The number of aromatic hydroxyl groups is 1. The van der Waals surface area contributed by atoms with E-state index in [0.29, 0.717) is 23.2 Å². The van der Waals surface area contributed by atoms with Gasteiger partial charge in [0.15, 0.2) is 11.5 Å². The molecule has 1 aromatic carbocycles. The van der Waals surface area contributed by atoms with Crippen LogP contribution in [0.4, 0.5) is 0 Å². The number of hydrogen-bond acceptors (Lipinski definition) is 4. The minimum absolute atomic E-state index is 0.100. The number of piperidine rings is 1. The van der Waals surface area contributed by atoms with Gasteiger partial charge in [0.1, 0.15) is 20.1 Å². The molecule has 2 aliphatic carbocycles. The zero-order chi connectivity index (χ0) is 15.2. The number of likely N-dealkylation sites (N-methyl/N-ethyl adjacent to an activating group) is 1. The summed E-state index contributed by atoms with van der Waals surface area (Å²) >= 11 is 0. The minimum Gasteiger partial charge on any atom is -0.504 e. The van der Waals surface area contributed by atoms with Gasteiger partial charge in [-0.3, -0.25) is 0 Å². The van der Waals surface area contributed by atoms with Crippen molar-refractivity contribution >= 4 is 13.3 Å². The van der Waals surface area contributed by atoms with Crippen molar-refractivity contribution in [2.45, 2.75) is 36.5 Å². The largest absolute Gasteiger partial charge is 0.504 e. The number of aliphatic hydroxyl groups excluding tert-OH is 1. The molecule has 2 aliphatic heterocycles. The van der Waals surface area contributed by atoms with Crippen molar-refractivity contribution in [3.05, 3.63) is 29.3 Å². The normalized spacial score (nSPS) is 41.2.